The number of hydrogen-bond acceptors (Lipinski definition) is 2. The molecule has 0 unspecified atom stereocenters. The summed E-state index contributed by atoms with van der Waals surface area (Å²) in [7, 11) is 0. The second-order valence-corrected chi connectivity index (χ2v) is 4.98. The zero-order valence-corrected chi connectivity index (χ0v) is 10.6. The lowest BCUT2D eigenvalue weighted by Gasteiger charge is -2.11. The Balaban J connectivity index is 1.84. The molecule has 0 saturated carbocycles. The van der Waals surface area contributed by atoms with Crippen molar-refractivity contribution in [2.24, 2.45) is 0 Å². The lowest BCUT2D eigenvalue weighted by atomic mass is 10.1. The third kappa shape index (κ3) is 3.32. The second kappa shape index (κ2) is 5.46. The van der Waals surface area contributed by atoms with Crippen LogP contribution in [0, 0.1) is 0 Å². The first-order chi connectivity index (χ1) is 7.74. The van der Waals surface area contributed by atoms with Crippen molar-refractivity contribution in [3.8, 4) is 0 Å². The van der Waals surface area contributed by atoms with E-state index < -0.39 is 0 Å². The largest absolute Gasteiger partial charge is 0.352 e. The summed E-state index contributed by atoms with van der Waals surface area (Å²) in [4.78, 5) is 11.7. The minimum atomic E-state index is 0.107. The first-order valence-corrected chi connectivity index (χ1v) is 6.28. The van der Waals surface area contributed by atoms with Crippen LogP contribution >= 0.6 is 15.9 Å². The zero-order valence-electron chi connectivity index (χ0n) is 9.00. The number of carbonyl (C=O) groups is 1. The van der Waals surface area contributed by atoms with Gasteiger partial charge in [0.2, 0.25) is 5.91 Å². The van der Waals surface area contributed by atoms with E-state index in [0.717, 1.165) is 29.5 Å². The van der Waals surface area contributed by atoms with Crippen LogP contribution in [0.3, 0.4) is 0 Å². The van der Waals surface area contributed by atoms with Crippen molar-refractivity contribution in [2.45, 2.75) is 18.9 Å². The molecule has 86 valence electrons. The van der Waals surface area contributed by atoms with Crippen LogP contribution in [0.25, 0.3) is 0 Å². The fraction of sp³-hybridized carbons (Fsp3) is 0.417. The maximum atomic E-state index is 11.7. The van der Waals surface area contributed by atoms with E-state index in [0.29, 0.717) is 12.5 Å². The summed E-state index contributed by atoms with van der Waals surface area (Å²) >= 11 is 3.37. The summed E-state index contributed by atoms with van der Waals surface area (Å²) < 4.78 is 1.04. The van der Waals surface area contributed by atoms with Gasteiger partial charge in [-0.2, -0.15) is 0 Å². The van der Waals surface area contributed by atoms with Crippen LogP contribution in [0.4, 0.5) is 0 Å². The van der Waals surface area contributed by atoms with Gasteiger partial charge in [0.05, 0.1) is 6.42 Å². The SMILES string of the molecule is O=C(Cc1ccc(Br)cc1)N[C@@H]1CCNC1. The number of halogens is 1. The highest BCUT2D eigenvalue weighted by Gasteiger charge is 2.16. The highest BCUT2D eigenvalue weighted by Crippen LogP contribution is 2.11. The smallest absolute Gasteiger partial charge is 0.224 e. The Hall–Kier alpha value is -0.870. The van der Waals surface area contributed by atoms with Crippen molar-refractivity contribution in [3.63, 3.8) is 0 Å². The lowest BCUT2D eigenvalue weighted by Crippen LogP contribution is -2.37. The summed E-state index contributed by atoms with van der Waals surface area (Å²) in [5, 5.41) is 6.26. The van der Waals surface area contributed by atoms with Crippen molar-refractivity contribution in [3.05, 3.63) is 34.3 Å². The summed E-state index contributed by atoms with van der Waals surface area (Å²) in [6.45, 7) is 1.90. The molecule has 1 aliphatic rings. The predicted octanol–water partition coefficient (Wildman–Crippen LogP) is 1.47. The number of rotatable bonds is 3. The molecule has 1 heterocycles. The normalized spacial score (nSPS) is 19.7. The minimum Gasteiger partial charge on any atom is -0.352 e. The summed E-state index contributed by atoms with van der Waals surface area (Å²) in [6, 6.07) is 8.16. The maximum absolute atomic E-state index is 11.7. The molecule has 2 rings (SSSR count). The molecule has 1 aromatic rings. The molecule has 2 N–H and O–H groups in total. The molecule has 1 atom stereocenters. The van der Waals surface area contributed by atoms with E-state index in [2.05, 4.69) is 26.6 Å². The standard InChI is InChI=1S/C12H15BrN2O/c13-10-3-1-9(2-4-10)7-12(16)15-11-5-6-14-8-11/h1-4,11,14H,5-8H2,(H,15,16)/t11-/m1/s1. The third-order valence-electron chi connectivity index (χ3n) is 2.70. The van der Waals surface area contributed by atoms with Gasteiger partial charge in [0.1, 0.15) is 0 Å². The van der Waals surface area contributed by atoms with Crippen molar-refractivity contribution < 1.29 is 4.79 Å². The Labute approximate surface area is 104 Å². The van der Waals surface area contributed by atoms with Gasteiger partial charge in [0.25, 0.3) is 0 Å². The number of benzene rings is 1. The Morgan fingerprint density at radius 2 is 2.19 bits per heavy atom. The monoisotopic (exact) mass is 282 g/mol. The Morgan fingerprint density at radius 3 is 2.81 bits per heavy atom. The van der Waals surface area contributed by atoms with Gasteiger partial charge in [0, 0.05) is 17.1 Å². The molecule has 0 radical (unpaired) electrons. The van der Waals surface area contributed by atoms with Gasteiger partial charge in [-0.1, -0.05) is 28.1 Å². The van der Waals surface area contributed by atoms with Crippen molar-refractivity contribution in [1.82, 2.24) is 10.6 Å². The predicted molar refractivity (Wildman–Crippen MR) is 67.3 cm³/mol. The summed E-state index contributed by atoms with van der Waals surface area (Å²) in [5.74, 6) is 0.107. The topological polar surface area (TPSA) is 41.1 Å². The molecular weight excluding hydrogens is 268 g/mol. The van der Waals surface area contributed by atoms with Gasteiger partial charge in [-0.3, -0.25) is 4.79 Å². The second-order valence-electron chi connectivity index (χ2n) is 4.06. The van der Waals surface area contributed by atoms with E-state index in [1.54, 1.807) is 0 Å². The average molecular weight is 283 g/mol. The average Bonchev–Trinajstić information content (AvgIpc) is 2.74. The van der Waals surface area contributed by atoms with Crippen LogP contribution in [0.5, 0.6) is 0 Å². The molecule has 1 aromatic carbocycles. The summed E-state index contributed by atoms with van der Waals surface area (Å²) in [6.07, 6.45) is 1.50. The molecule has 1 amide bonds. The van der Waals surface area contributed by atoms with Crippen molar-refractivity contribution >= 4 is 21.8 Å². The molecule has 0 spiro atoms. The van der Waals surface area contributed by atoms with Gasteiger partial charge in [-0.25, -0.2) is 0 Å². The Bertz CT molecular complexity index is 358. The molecule has 0 aliphatic carbocycles. The van der Waals surface area contributed by atoms with E-state index in [1.807, 2.05) is 24.3 Å². The number of carbonyl (C=O) groups excluding carboxylic acids is 1. The molecular formula is C12H15BrN2O. The van der Waals surface area contributed by atoms with Gasteiger partial charge < -0.3 is 10.6 Å². The van der Waals surface area contributed by atoms with Crippen LogP contribution in [0.1, 0.15) is 12.0 Å². The lowest BCUT2D eigenvalue weighted by molar-refractivity contribution is -0.121. The Kier molecular flexibility index (Phi) is 3.96. The van der Waals surface area contributed by atoms with E-state index in [9.17, 15) is 4.79 Å². The number of nitrogens with one attached hydrogen (secondary N) is 2. The van der Waals surface area contributed by atoms with Crippen LogP contribution in [0.15, 0.2) is 28.7 Å². The third-order valence-corrected chi connectivity index (χ3v) is 3.23. The molecule has 0 bridgehead atoms. The first-order valence-electron chi connectivity index (χ1n) is 5.48. The van der Waals surface area contributed by atoms with Gasteiger partial charge >= 0.3 is 0 Å². The van der Waals surface area contributed by atoms with Crippen LogP contribution in [0.2, 0.25) is 0 Å². The zero-order chi connectivity index (χ0) is 11.4. The Morgan fingerprint density at radius 1 is 1.44 bits per heavy atom. The quantitative estimate of drug-likeness (QED) is 0.882. The van der Waals surface area contributed by atoms with Crippen LogP contribution in [-0.2, 0) is 11.2 Å². The van der Waals surface area contributed by atoms with Gasteiger partial charge in [-0.05, 0) is 30.7 Å². The van der Waals surface area contributed by atoms with Gasteiger partial charge in [-0.15, -0.1) is 0 Å². The fourth-order valence-electron chi connectivity index (χ4n) is 1.84. The summed E-state index contributed by atoms with van der Waals surface area (Å²) in [5.41, 5.74) is 1.05. The fourth-order valence-corrected chi connectivity index (χ4v) is 2.11. The molecule has 0 aromatic heterocycles. The molecule has 1 saturated heterocycles. The molecule has 16 heavy (non-hydrogen) atoms. The minimum absolute atomic E-state index is 0.107. The van der Waals surface area contributed by atoms with E-state index in [4.69, 9.17) is 0 Å². The molecule has 3 nitrogen and oxygen atoms in total. The van der Waals surface area contributed by atoms with Crippen LogP contribution < -0.4 is 10.6 Å². The highest BCUT2D eigenvalue weighted by atomic mass is 79.9. The number of amides is 1. The molecule has 1 fully saturated rings. The molecule has 4 heteroatoms. The molecule has 1 aliphatic heterocycles. The van der Waals surface area contributed by atoms with E-state index in [1.165, 1.54) is 0 Å². The van der Waals surface area contributed by atoms with Gasteiger partial charge in [0.15, 0.2) is 0 Å². The van der Waals surface area contributed by atoms with E-state index >= 15 is 0 Å². The first kappa shape index (κ1) is 11.6. The van der Waals surface area contributed by atoms with Crippen LogP contribution in [-0.4, -0.2) is 25.0 Å². The van der Waals surface area contributed by atoms with Crippen molar-refractivity contribution in [2.75, 3.05) is 13.1 Å². The number of hydrogen-bond donors (Lipinski definition) is 2. The van der Waals surface area contributed by atoms with Crippen molar-refractivity contribution in [1.29, 1.82) is 0 Å². The van der Waals surface area contributed by atoms with E-state index in [-0.39, 0.29) is 5.91 Å². The highest BCUT2D eigenvalue weighted by molar-refractivity contribution is 9.10. The maximum Gasteiger partial charge on any atom is 0.224 e.